The molecule has 0 aromatic carbocycles. The van der Waals surface area contributed by atoms with Crippen LogP contribution in [0.15, 0.2) is 36.5 Å². The molecule has 0 radical (unpaired) electrons. The van der Waals surface area contributed by atoms with E-state index in [9.17, 15) is 19.0 Å². The lowest BCUT2D eigenvalue weighted by molar-refractivity contribution is -0.161. The van der Waals surface area contributed by atoms with Crippen molar-refractivity contribution in [1.82, 2.24) is 0 Å². The SMILES string of the molecule is CC/C=C\C/C=C\C/C=C\CCCCCCCC(=O)OC(COC(=O)CCCCCCCCCCCCCCCCC)COP(=O)(O)OCC. The summed E-state index contributed by atoms with van der Waals surface area (Å²) < 4.78 is 32.6. The Kier molecular flexibility index (Phi) is 35.8. The highest BCUT2D eigenvalue weighted by atomic mass is 31.2. The molecule has 0 saturated heterocycles. The first-order valence-corrected chi connectivity index (χ1v) is 21.8. The summed E-state index contributed by atoms with van der Waals surface area (Å²) in [5, 5.41) is 0. The Labute approximate surface area is 306 Å². The number of phosphoric ester groups is 1. The maximum absolute atomic E-state index is 12.5. The molecule has 0 heterocycles. The average Bonchev–Trinajstić information content (AvgIpc) is 3.09. The minimum Gasteiger partial charge on any atom is -0.462 e. The number of carbonyl (C=O) groups is 2. The third-order valence-electron chi connectivity index (χ3n) is 8.46. The summed E-state index contributed by atoms with van der Waals surface area (Å²) in [7, 11) is -4.28. The minimum atomic E-state index is -4.28. The monoisotopic (exact) mass is 727 g/mol. The largest absolute Gasteiger partial charge is 0.472 e. The lowest BCUT2D eigenvalue weighted by atomic mass is 10.0. The smallest absolute Gasteiger partial charge is 0.462 e. The van der Waals surface area contributed by atoms with Crippen molar-refractivity contribution in [2.24, 2.45) is 0 Å². The van der Waals surface area contributed by atoms with E-state index in [1.807, 2.05) is 0 Å². The molecule has 0 aromatic heterocycles. The van der Waals surface area contributed by atoms with Crippen LogP contribution in [0.5, 0.6) is 0 Å². The van der Waals surface area contributed by atoms with Crippen molar-refractivity contribution in [2.45, 2.75) is 194 Å². The second kappa shape index (κ2) is 37.0. The van der Waals surface area contributed by atoms with E-state index < -0.39 is 26.5 Å². The number of hydrogen-bond donors (Lipinski definition) is 1. The third-order valence-corrected chi connectivity index (χ3v) is 9.52. The topological polar surface area (TPSA) is 108 Å². The van der Waals surface area contributed by atoms with E-state index in [4.69, 9.17) is 18.5 Å². The van der Waals surface area contributed by atoms with Crippen molar-refractivity contribution in [3.8, 4) is 0 Å². The van der Waals surface area contributed by atoms with Crippen molar-refractivity contribution in [3.63, 3.8) is 0 Å². The molecule has 0 saturated carbocycles. The molecule has 0 fully saturated rings. The number of rotatable bonds is 37. The maximum Gasteiger partial charge on any atom is 0.472 e. The first-order valence-electron chi connectivity index (χ1n) is 20.3. The summed E-state index contributed by atoms with van der Waals surface area (Å²) in [6.45, 7) is 5.35. The summed E-state index contributed by atoms with van der Waals surface area (Å²) >= 11 is 0. The van der Waals surface area contributed by atoms with Crippen molar-refractivity contribution < 1.29 is 37.6 Å². The number of carbonyl (C=O) groups excluding carboxylic acids is 2. The predicted molar refractivity (Wildman–Crippen MR) is 207 cm³/mol. The molecule has 0 aliphatic rings. The normalized spacial score (nSPS) is 13.8. The van der Waals surface area contributed by atoms with Gasteiger partial charge in [0.15, 0.2) is 6.10 Å². The molecule has 0 rings (SSSR count). The highest BCUT2D eigenvalue weighted by molar-refractivity contribution is 7.47. The third kappa shape index (κ3) is 36.1. The standard InChI is InChI=1S/C41H75O8P/c1-4-7-9-11-13-15-17-19-21-23-25-27-29-31-33-35-40(42)46-37-39(38-48-50(44,45)47-6-3)49-41(43)36-34-32-30-28-26-24-22-20-18-16-14-12-10-8-5-2/h8,10,14,16,20,22,39H,4-7,9,11-13,15,17-19,21,23-38H2,1-3H3,(H,44,45)/b10-8-,16-14-,22-20-. The van der Waals surface area contributed by atoms with E-state index in [1.54, 1.807) is 6.92 Å². The molecule has 0 aromatic rings. The van der Waals surface area contributed by atoms with Gasteiger partial charge in [-0.3, -0.25) is 18.6 Å². The van der Waals surface area contributed by atoms with Crippen LogP contribution in [0.2, 0.25) is 0 Å². The van der Waals surface area contributed by atoms with Gasteiger partial charge in [-0.25, -0.2) is 4.57 Å². The lowest BCUT2D eigenvalue weighted by Crippen LogP contribution is -2.29. The van der Waals surface area contributed by atoms with Crippen molar-refractivity contribution >= 4 is 19.8 Å². The summed E-state index contributed by atoms with van der Waals surface area (Å²) in [5.41, 5.74) is 0. The Hall–Kier alpha value is -1.73. The van der Waals surface area contributed by atoms with Gasteiger partial charge in [0.1, 0.15) is 6.61 Å². The quantitative estimate of drug-likeness (QED) is 0.0292. The Morgan fingerprint density at radius 2 is 1.02 bits per heavy atom. The van der Waals surface area contributed by atoms with Crippen LogP contribution in [0, 0.1) is 0 Å². The van der Waals surface area contributed by atoms with E-state index in [-0.39, 0.29) is 25.6 Å². The van der Waals surface area contributed by atoms with Crippen LogP contribution in [-0.4, -0.2) is 42.8 Å². The molecule has 1 N–H and O–H groups in total. The molecule has 0 spiro atoms. The van der Waals surface area contributed by atoms with Crippen LogP contribution in [0.25, 0.3) is 0 Å². The second-order valence-corrected chi connectivity index (χ2v) is 14.7. The summed E-state index contributed by atoms with van der Waals surface area (Å²) in [5.74, 6) is -0.814. The van der Waals surface area contributed by atoms with Crippen LogP contribution in [0.3, 0.4) is 0 Å². The van der Waals surface area contributed by atoms with E-state index in [2.05, 4.69) is 50.3 Å². The Morgan fingerprint density at radius 1 is 0.560 bits per heavy atom. The van der Waals surface area contributed by atoms with Gasteiger partial charge in [0.2, 0.25) is 0 Å². The Balaban J connectivity index is 4.13. The summed E-state index contributed by atoms with van der Waals surface area (Å²) in [6, 6.07) is 0. The van der Waals surface area contributed by atoms with Gasteiger partial charge in [-0.15, -0.1) is 0 Å². The van der Waals surface area contributed by atoms with Gasteiger partial charge in [-0.05, 0) is 51.9 Å². The predicted octanol–water partition coefficient (Wildman–Crippen LogP) is 12.4. The van der Waals surface area contributed by atoms with Crippen LogP contribution in [-0.2, 0) is 32.7 Å². The van der Waals surface area contributed by atoms with E-state index in [0.717, 1.165) is 70.6 Å². The number of ether oxygens (including phenoxy) is 2. The Morgan fingerprint density at radius 3 is 1.54 bits per heavy atom. The fraction of sp³-hybridized carbons (Fsp3) is 0.805. The van der Waals surface area contributed by atoms with E-state index in [0.29, 0.717) is 12.8 Å². The van der Waals surface area contributed by atoms with Gasteiger partial charge in [0.05, 0.1) is 13.2 Å². The Bertz CT molecular complexity index is 916. The number of phosphoric acid groups is 1. The zero-order valence-electron chi connectivity index (χ0n) is 32.3. The number of allylic oxidation sites excluding steroid dienone is 6. The first kappa shape index (κ1) is 48.3. The van der Waals surface area contributed by atoms with Gasteiger partial charge < -0.3 is 14.4 Å². The molecule has 8 nitrogen and oxygen atoms in total. The highest BCUT2D eigenvalue weighted by Gasteiger charge is 2.25. The molecule has 0 bridgehead atoms. The molecule has 0 aliphatic carbocycles. The average molecular weight is 727 g/mol. The molecular formula is C41H75O8P. The molecule has 292 valence electrons. The van der Waals surface area contributed by atoms with Crippen molar-refractivity contribution in [1.29, 1.82) is 0 Å². The van der Waals surface area contributed by atoms with Gasteiger partial charge >= 0.3 is 19.8 Å². The first-order chi connectivity index (χ1) is 24.3. The second-order valence-electron chi connectivity index (χ2n) is 13.3. The van der Waals surface area contributed by atoms with Crippen LogP contribution in [0.4, 0.5) is 0 Å². The lowest BCUT2D eigenvalue weighted by Gasteiger charge is -2.19. The number of hydrogen-bond acceptors (Lipinski definition) is 7. The zero-order chi connectivity index (χ0) is 36.8. The van der Waals surface area contributed by atoms with Gasteiger partial charge in [-0.1, -0.05) is 159 Å². The van der Waals surface area contributed by atoms with Crippen LogP contribution < -0.4 is 0 Å². The molecule has 0 aliphatic heterocycles. The van der Waals surface area contributed by atoms with Crippen molar-refractivity contribution in [2.75, 3.05) is 19.8 Å². The van der Waals surface area contributed by atoms with Gasteiger partial charge in [0.25, 0.3) is 0 Å². The minimum absolute atomic E-state index is 0.00268. The molecule has 2 unspecified atom stereocenters. The molecule has 2 atom stereocenters. The zero-order valence-corrected chi connectivity index (χ0v) is 33.2. The van der Waals surface area contributed by atoms with Crippen LogP contribution in [0.1, 0.15) is 188 Å². The number of unbranched alkanes of at least 4 members (excludes halogenated alkanes) is 19. The molecule has 50 heavy (non-hydrogen) atoms. The van der Waals surface area contributed by atoms with E-state index >= 15 is 0 Å². The highest BCUT2D eigenvalue weighted by Crippen LogP contribution is 2.43. The summed E-state index contributed by atoms with van der Waals surface area (Å²) in [6.07, 6.45) is 40.5. The fourth-order valence-electron chi connectivity index (χ4n) is 5.53. The van der Waals surface area contributed by atoms with Crippen LogP contribution >= 0.6 is 7.82 Å². The molecule has 0 amide bonds. The molecule has 9 heteroatoms. The summed E-state index contributed by atoms with van der Waals surface area (Å²) in [4.78, 5) is 34.7. The molecular weight excluding hydrogens is 651 g/mol. The van der Waals surface area contributed by atoms with Crippen molar-refractivity contribution in [3.05, 3.63) is 36.5 Å². The van der Waals surface area contributed by atoms with E-state index in [1.165, 1.54) is 77.0 Å². The maximum atomic E-state index is 12.5. The van der Waals surface area contributed by atoms with Gasteiger partial charge in [-0.2, -0.15) is 0 Å². The fourth-order valence-corrected chi connectivity index (χ4v) is 6.28. The number of esters is 2. The van der Waals surface area contributed by atoms with Gasteiger partial charge in [0, 0.05) is 12.8 Å².